The van der Waals surface area contributed by atoms with Gasteiger partial charge in [0, 0.05) is 5.02 Å². The first kappa shape index (κ1) is 11.9. The molecular formula is C14H20ClN. The van der Waals surface area contributed by atoms with Gasteiger partial charge in [-0.25, -0.2) is 0 Å². The van der Waals surface area contributed by atoms with Crippen molar-refractivity contribution in [2.45, 2.75) is 33.1 Å². The molecule has 0 aliphatic heterocycles. The molecule has 1 atom stereocenters. The summed E-state index contributed by atoms with van der Waals surface area (Å²) in [6.07, 6.45) is 3.53. The molecule has 1 nitrogen and oxygen atoms in total. The van der Waals surface area contributed by atoms with Gasteiger partial charge in [-0.05, 0) is 60.4 Å². The molecule has 1 aliphatic rings. The van der Waals surface area contributed by atoms with Crippen molar-refractivity contribution >= 4 is 11.6 Å². The number of nitrogens with two attached hydrogens (primary N) is 1. The molecule has 1 unspecified atom stereocenters. The number of hydrogen-bond acceptors (Lipinski definition) is 1. The summed E-state index contributed by atoms with van der Waals surface area (Å²) >= 11 is 6.01. The molecule has 0 aromatic heterocycles. The summed E-state index contributed by atoms with van der Waals surface area (Å²) in [5, 5.41) is 0.857. The molecule has 1 aromatic carbocycles. The van der Waals surface area contributed by atoms with Gasteiger partial charge in [-0.15, -0.1) is 0 Å². The van der Waals surface area contributed by atoms with Gasteiger partial charge < -0.3 is 5.73 Å². The Morgan fingerprint density at radius 1 is 1.38 bits per heavy atom. The first-order valence-electron chi connectivity index (χ1n) is 6.00. The second kappa shape index (κ2) is 4.38. The fourth-order valence-electron chi connectivity index (χ4n) is 2.56. The molecule has 0 amide bonds. The molecule has 0 spiro atoms. The summed E-state index contributed by atoms with van der Waals surface area (Å²) in [5.41, 5.74) is 9.00. The van der Waals surface area contributed by atoms with Crippen LogP contribution in [0.25, 0.3) is 0 Å². The summed E-state index contributed by atoms with van der Waals surface area (Å²) in [4.78, 5) is 0. The first-order chi connectivity index (χ1) is 7.53. The summed E-state index contributed by atoms with van der Waals surface area (Å²) < 4.78 is 0. The molecule has 2 rings (SSSR count). The average Bonchev–Trinajstić information content (AvgIpc) is 2.28. The molecule has 88 valence electrons. The fraction of sp³-hybridized carbons (Fsp3) is 0.571. The van der Waals surface area contributed by atoms with Crippen LogP contribution in [-0.2, 0) is 12.8 Å². The van der Waals surface area contributed by atoms with Crippen LogP contribution in [0, 0.1) is 11.3 Å². The number of aryl methyl sites for hydroxylation is 1. The van der Waals surface area contributed by atoms with Crippen molar-refractivity contribution < 1.29 is 0 Å². The van der Waals surface area contributed by atoms with E-state index in [0.717, 1.165) is 24.4 Å². The lowest BCUT2D eigenvalue weighted by Crippen LogP contribution is -2.35. The van der Waals surface area contributed by atoms with Gasteiger partial charge >= 0.3 is 0 Å². The topological polar surface area (TPSA) is 26.0 Å². The highest BCUT2D eigenvalue weighted by atomic mass is 35.5. The molecule has 0 heterocycles. The lowest BCUT2D eigenvalue weighted by molar-refractivity contribution is 0.200. The zero-order valence-electron chi connectivity index (χ0n) is 10.1. The quantitative estimate of drug-likeness (QED) is 0.838. The van der Waals surface area contributed by atoms with Gasteiger partial charge in [0.15, 0.2) is 0 Å². The zero-order chi connectivity index (χ0) is 11.8. The van der Waals surface area contributed by atoms with Crippen molar-refractivity contribution in [1.29, 1.82) is 0 Å². The van der Waals surface area contributed by atoms with Crippen molar-refractivity contribution in [3.8, 4) is 0 Å². The van der Waals surface area contributed by atoms with E-state index in [1.165, 1.54) is 17.5 Å². The van der Waals surface area contributed by atoms with Crippen molar-refractivity contribution in [3.63, 3.8) is 0 Å². The minimum Gasteiger partial charge on any atom is -0.330 e. The van der Waals surface area contributed by atoms with E-state index in [0.29, 0.717) is 5.92 Å². The van der Waals surface area contributed by atoms with Gasteiger partial charge in [0.1, 0.15) is 0 Å². The molecule has 2 heteroatoms. The minimum absolute atomic E-state index is 0.247. The van der Waals surface area contributed by atoms with Crippen LogP contribution in [0.2, 0.25) is 5.02 Å². The molecule has 0 radical (unpaired) electrons. The maximum Gasteiger partial charge on any atom is 0.0408 e. The molecule has 0 bridgehead atoms. The third kappa shape index (κ3) is 2.26. The van der Waals surface area contributed by atoms with Crippen molar-refractivity contribution in [2.24, 2.45) is 17.1 Å². The molecule has 1 aromatic rings. The number of fused-ring (bicyclic) bond motifs is 1. The molecule has 0 fully saturated rings. The van der Waals surface area contributed by atoms with Crippen LogP contribution >= 0.6 is 11.6 Å². The second-order valence-corrected chi connectivity index (χ2v) is 5.98. The smallest absolute Gasteiger partial charge is 0.0408 e. The van der Waals surface area contributed by atoms with Gasteiger partial charge in [-0.2, -0.15) is 0 Å². The van der Waals surface area contributed by atoms with Gasteiger partial charge in [0.25, 0.3) is 0 Å². The Labute approximate surface area is 103 Å². The van der Waals surface area contributed by atoms with Crippen LogP contribution in [0.4, 0.5) is 0 Å². The van der Waals surface area contributed by atoms with Crippen LogP contribution in [-0.4, -0.2) is 6.54 Å². The Bertz CT molecular complexity index is 384. The highest BCUT2D eigenvalue weighted by Gasteiger charge is 2.31. The normalized spacial score (nSPS) is 20.6. The Kier molecular flexibility index (Phi) is 3.27. The number of rotatable bonds is 2. The lowest BCUT2D eigenvalue weighted by Gasteiger charge is -2.37. The number of halogens is 1. The Morgan fingerprint density at radius 3 is 2.81 bits per heavy atom. The van der Waals surface area contributed by atoms with E-state index in [-0.39, 0.29) is 5.41 Å². The molecule has 0 saturated heterocycles. The van der Waals surface area contributed by atoms with E-state index in [1.807, 2.05) is 6.07 Å². The first-order valence-corrected chi connectivity index (χ1v) is 6.38. The van der Waals surface area contributed by atoms with Crippen molar-refractivity contribution in [3.05, 3.63) is 34.3 Å². The van der Waals surface area contributed by atoms with E-state index in [4.69, 9.17) is 17.3 Å². The van der Waals surface area contributed by atoms with E-state index in [9.17, 15) is 0 Å². The molecule has 0 saturated carbocycles. The summed E-state index contributed by atoms with van der Waals surface area (Å²) in [5.74, 6) is 0.700. The highest BCUT2D eigenvalue weighted by Crippen LogP contribution is 2.37. The monoisotopic (exact) mass is 237 g/mol. The van der Waals surface area contributed by atoms with E-state index >= 15 is 0 Å². The van der Waals surface area contributed by atoms with Crippen LogP contribution in [0.1, 0.15) is 31.4 Å². The third-order valence-corrected chi connectivity index (χ3v) is 4.26. The second-order valence-electron chi connectivity index (χ2n) is 5.55. The standard InChI is InChI=1S/C14H20ClN/c1-14(2,9-16)12-5-3-11-8-13(15)6-4-10(11)7-12/h4,6,8,12H,3,5,7,9,16H2,1-2H3. The molecular weight excluding hydrogens is 218 g/mol. The van der Waals surface area contributed by atoms with Crippen molar-refractivity contribution in [2.75, 3.05) is 6.54 Å². The highest BCUT2D eigenvalue weighted by molar-refractivity contribution is 6.30. The van der Waals surface area contributed by atoms with Crippen molar-refractivity contribution in [1.82, 2.24) is 0 Å². The largest absolute Gasteiger partial charge is 0.330 e. The Hall–Kier alpha value is -0.530. The maximum atomic E-state index is 6.01. The predicted molar refractivity (Wildman–Crippen MR) is 69.8 cm³/mol. The van der Waals surface area contributed by atoms with E-state index in [1.54, 1.807) is 0 Å². The predicted octanol–water partition coefficient (Wildman–Crippen LogP) is 3.43. The summed E-state index contributed by atoms with van der Waals surface area (Å²) in [6, 6.07) is 6.29. The zero-order valence-corrected chi connectivity index (χ0v) is 10.8. The van der Waals surface area contributed by atoms with Crippen LogP contribution in [0.3, 0.4) is 0 Å². The number of hydrogen-bond donors (Lipinski definition) is 1. The molecule has 2 N–H and O–H groups in total. The molecule has 1 aliphatic carbocycles. The SMILES string of the molecule is CC(C)(CN)C1CCc2cc(Cl)ccc2C1. The van der Waals surface area contributed by atoms with E-state index in [2.05, 4.69) is 26.0 Å². The van der Waals surface area contributed by atoms with Gasteiger partial charge in [-0.3, -0.25) is 0 Å². The van der Waals surface area contributed by atoms with Gasteiger partial charge in [0.2, 0.25) is 0 Å². The Balaban J connectivity index is 2.21. The molecule has 16 heavy (non-hydrogen) atoms. The number of benzene rings is 1. The third-order valence-electron chi connectivity index (χ3n) is 4.03. The summed E-state index contributed by atoms with van der Waals surface area (Å²) in [7, 11) is 0. The van der Waals surface area contributed by atoms with E-state index < -0.39 is 0 Å². The maximum absolute atomic E-state index is 6.01. The fourth-order valence-corrected chi connectivity index (χ4v) is 2.75. The lowest BCUT2D eigenvalue weighted by atomic mass is 9.69. The Morgan fingerprint density at radius 2 is 2.12 bits per heavy atom. The minimum atomic E-state index is 0.247. The van der Waals surface area contributed by atoms with Crippen LogP contribution in [0.15, 0.2) is 18.2 Å². The van der Waals surface area contributed by atoms with Crippen LogP contribution < -0.4 is 5.73 Å². The summed E-state index contributed by atoms with van der Waals surface area (Å²) in [6.45, 7) is 5.32. The van der Waals surface area contributed by atoms with Gasteiger partial charge in [-0.1, -0.05) is 31.5 Å². The van der Waals surface area contributed by atoms with Crippen LogP contribution in [0.5, 0.6) is 0 Å². The van der Waals surface area contributed by atoms with Gasteiger partial charge in [0.05, 0.1) is 0 Å². The average molecular weight is 238 g/mol.